The van der Waals surface area contributed by atoms with E-state index in [1.54, 1.807) is 6.07 Å². The number of hydrogen-bond acceptors (Lipinski definition) is 2. The Kier molecular flexibility index (Phi) is 4.71. The molecule has 1 unspecified atom stereocenters. The van der Waals surface area contributed by atoms with E-state index in [1.165, 1.54) is 5.56 Å². The lowest BCUT2D eigenvalue weighted by molar-refractivity contribution is 0.462. The molecule has 106 valence electrons. The minimum Gasteiger partial charge on any atom is -0.508 e. The van der Waals surface area contributed by atoms with Gasteiger partial charge in [-0.15, -0.1) is 0 Å². The summed E-state index contributed by atoms with van der Waals surface area (Å²) >= 11 is 3.46. The van der Waals surface area contributed by atoms with Crippen LogP contribution in [0.15, 0.2) is 46.9 Å². The average molecular weight is 334 g/mol. The lowest BCUT2D eigenvalue weighted by Gasteiger charge is -2.28. The van der Waals surface area contributed by atoms with E-state index in [4.69, 9.17) is 0 Å². The van der Waals surface area contributed by atoms with Crippen LogP contribution in [0, 0.1) is 0 Å². The van der Waals surface area contributed by atoms with E-state index in [1.807, 2.05) is 19.2 Å². The number of anilines is 1. The highest BCUT2D eigenvalue weighted by Gasteiger charge is 2.16. The molecule has 0 radical (unpaired) electrons. The van der Waals surface area contributed by atoms with Crippen molar-refractivity contribution in [1.29, 1.82) is 0 Å². The first kappa shape index (κ1) is 14.9. The Balaban J connectivity index is 2.26. The summed E-state index contributed by atoms with van der Waals surface area (Å²) in [6.45, 7) is 4.25. The fourth-order valence-electron chi connectivity index (χ4n) is 2.26. The van der Waals surface area contributed by atoms with Crippen LogP contribution in [0.3, 0.4) is 0 Å². The van der Waals surface area contributed by atoms with Gasteiger partial charge in [-0.3, -0.25) is 0 Å². The Hall–Kier alpha value is -1.48. The number of benzene rings is 2. The van der Waals surface area contributed by atoms with Crippen molar-refractivity contribution in [1.82, 2.24) is 0 Å². The Labute approximate surface area is 129 Å². The molecule has 0 fully saturated rings. The second-order valence-corrected chi connectivity index (χ2v) is 5.93. The number of aryl methyl sites for hydroxylation is 1. The third kappa shape index (κ3) is 3.15. The van der Waals surface area contributed by atoms with Crippen LogP contribution in [0.1, 0.15) is 31.0 Å². The van der Waals surface area contributed by atoms with Crippen LogP contribution in [-0.2, 0) is 6.42 Å². The number of phenols is 1. The molecule has 2 aromatic carbocycles. The molecule has 3 heteroatoms. The van der Waals surface area contributed by atoms with Gasteiger partial charge in [-0.2, -0.15) is 0 Å². The van der Waals surface area contributed by atoms with Crippen molar-refractivity contribution in [2.75, 3.05) is 11.9 Å². The molecule has 1 N–H and O–H groups in total. The van der Waals surface area contributed by atoms with Crippen LogP contribution in [0.25, 0.3) is 0 Å². The zero-order valence-electron chi connectivity index (χ0n) is 12.1. The first-order valence-corrected chi connectivity index (χ1v) is 7.62. The first-order valence-electron chi connectivity index (χ1n) is 6.83. The molecular weight excluding hydrogens is 314 g/mol. The van der Waals surface area contributed by atoms with Gasteiger partial charge in [0.2, 0.25) is 0 Å². The minimum atomic E-state index is 0.0972. The SMILES string of the molecule is CCc1ccc(N(C)C(C)c2cc(Br)ccc2O)cc1. The van der Waals surface area contributed by atoms with Crippen LogP contribution in [0.5, 0.6) is 5.75 Å². The summed E-state index contributed by atoms with van der Waals surface area (Å²) in [4.78, 5) is 2.17. The molecule has 0 aromatic heterocycles. The maximum Gasteiger partial charge on any atom is 0.120 e. The standard InChI is InChI=1S/C17H20BrNO/c1-4-13-5-8-15(9-6-13)19(3)12(2)16-11-14(18)7-10-17(16)20/h5-12,20H,4H2,1-3H3. The van der Waals surface area contributed by atoms with Crippen molar-refractivity contribution in [2.24, 2.45) is 0 Å². The van der Waals surface area contributed by atoms with Gasteiger partial charge in [0.25, 0.3) is 0 Å². The largest absolute Gasteiger partial charge is 0.508 e. The van der Waals surface area contributed by atoms with Crippen molar-refractivity contribution in [3.8, 4) is 5.75 Å². The Morgan fingerprint density at radius 1 is 1.15 bits per heavy atom. The molecule has 1 atom stereocenters. The molecule has 0 heterocycles. The first-order chi connectivity index (χ1) is 9.52. The second-order valence-electron chi connectivity index (χ2n) is 5.01. The monoisotopic (exact) mass is 333 g/mol. The van der Waals surface area contributed by atoms with Crippen LogP contribution in [0.4, 0.5) is 5.69 Å². The van der Waals surface area contributed by atoms with E-state index in [2.05, 4.69) is 58.9 Å². The lowest BCUT2D eigenvalue weighted by Crippen LogP contribution is -2.21. The summed E-state index contributed by atoms with van der Waals surface area (Å²) in [5.41, 5.74) is 3.40. The highest BCUT2D eigenvalue weighted by Crippen LogP contribution is 2.32. The molecule has 0 spiro atoms. The molecule has 0 saturated carbocycles. The predicted molar refractivity (Wildman–Crippen MR) is 88.4 cm³/mol. The predicted octanol–water partition coefficient (Wildman–Crippen LogP) is 4.91. The highest BCUT2D eigenvalue weighted by atomic mass is 79.9. The quantitative estimate of drug-likeness (QED) is 0.858. The smallest absolute Gasteiger partial charge is 0.120 e. The van der Waals surface area contributed by atoms with Gasteiger partial charge in [0.15, 0.2) is 0 Å². The molecule has 0 aliphatic rings. The van der Waals surface area contributed by atoms with Gasteiger partial charge in [0.05, 0.1) is 6.04 Å². The lowest BCUT2D eigenvalue weighted by atomic mass is 10.0. The zero-order valence-corrected chi connectivity index (χ0v) is 13.7. The Morgan fingerprint density at radius 3 is 2.40 bits per heavy atom. The number of phenolic OH excluding ortho intramolecular Hbond substituents is 1. The third-order valence-corrected chi connectivity index (χ3v) is 4.27. The fraction of sp³-hybridized carbons (Fsp3) is 0.294. The topological polar surface area (TPSA) is 23.5 Å². The molecule has 0 amide bonds. The van der Waals surface area contributed by atoms with Crippen molar-refractivity contribution >= 4 is 21.6 Å². The van der Waals surface area contributed by atoms with Gasteiger partial charge >= 0.3 is 0 Å². The van der Waals surface area contributed by atoms with E-state index in [-0.39, 0.29) is 6.04 Å². The van der Waals surface area contributed by atoms with Crippen molar-refractivity contribution in [2.45, 2.75) is 26.3 Å². The van der Waals surface area contributed by atoms with E-state index in [0.717, 1.165) is 22.1 Å². The second kappa shape index (κ2) is 6.31. The maximum atomic E-state index is 10.0. The summed E-state index contributed by atoms with van der Waals surface area (Å²) in [5, 5.41) is 10.0. The summed E-state index contributed by atoms with van der Waals surface area (Å²) in [7, 11) is 2.05. The van der Waals surface area contributed by atoms with Crippen LogP contribution >= 0.6 is 15.9 Å². The number of aromatic hydroxyl groups is 1. The Bertz CT molecular complexity index is 580. The summed E-state index contributed by atoms with van der Waals surface area (Å²) in [5.74, 6) is 0.331. The van der Waals surface area contributed by atoms with Gasteiger partial charge in [-0.25, -0.2) is 0 Å². The molecule has 0 aliphatic heterocycles. The molecule has 0 aliphatic carbocycles. The van der Waals surface area contributed by atoms with Crippen LogP contribution in [0.2, 0.25) is 0 Å². The zero-order chi connectivity index (χ0) is 14.7. The highest BCUT2D eigenvalue weighted by molar-refractivity contribution is 9.10. The minimum absolute atomic E-state index is 0.0972. The van der Waals surface area contributed by atoms with E-state index in [0.29, 0.717) is 5.75 Å². The third-order valence-electron chi connectivity index (χ3n) is 3.77. The summed E-state index contributed by atoms with van der Waals surface area (Å²) in [6, 6.07) is 14.2. The van der Waals surface area contributed by atoms with Crippen LogP contribution < -0.4 is 4.90 Å². The molecular formula is C17H20BrNO. The normalized spacial score (nSPS) is 12.2. The van der Waals surface area contributed by atoms with Gasteiger partial charge in [0.1, 0.15) is 5.75 Å². The molecule has 0 saturated heterocycles. The molecule has 2 rings (SSSR count). The number of halogens is 1. The van der Waals surface area contributed by atoms with Gasteiger partial charge in [-0.1, -0.05) is 35.0 Å². The molecule has 2 nitrogen and oxygen atoms in total. The average Bonchev–Trinajstić information content (AvgIpc) is 2.48. The Morgan fingerprint density at radius 2 is 1.80 bits per heavy atom. The maximum absolute atomic E-state index is 10.0. The van der Waals surface area contributed by atoms with Gasteiger partial charge < -0.3 is 10.0 Å². The van der Waals surface area contributed by atoms with E-state index in [9.17, 15) is 5.11 Å². The molecule has 0 bridgehead atoms. The van der Waals surface area contributed by atoms with Crippen LogP contribution in [-0.4, -0.2) is 12.2 Å². The van der Waals surface area contributed by atoms with Gasteiger partial charge in [0, 0.05) is 22.8 Å². The molecule has 2 aromatic rings. The fourth-order valence-corrected chi connectivity index (χ4v) is 2.64. The van der Waals surface area contributed by atoms with E-state index < -0.39 is 0 Å². The molecule has 20 heavy (non-hydrogen) atoms. The van der Waals surface area contributed by atoms with Gasteiger partial charge in [-0.05, 0) is 49.2 Å². The number of rotatable bonds is 4. The van der Waals surface area contributed by atoms with E-state index >= 15 is 0 Å². The van der Waals surface area contributed by atoms with Crippen molar-refractivity contribution in [3.63, 3.8) is 0 Å². The number of nitrogens with zero attached hydrogens (tertiary/aromatic N) is 1. The van der Waals surface area contributed by atoms with Crippen molar-refractivity contribution in [3.05, 3.63) is 58.1 Å². The number of hydrogen-bond donors (Lipinski definition) is 1. The summed E-state index contributed by atoms with van der Waals surface area (Å²) in [6.07, 6.45) is 1.05. The summed E-state index contributed by atoms with van der Waals surface area (Å²) < 4.78 is 0.979. The van der Waals surface area contributed by atoms with Crippen molar-refractivity contribution < 1.29 is 5.11 Å².